The second kappa shape index (κ2) is 4.79. The van der Waals surface area contributed by atoms with Gasteiger partial charge in [-0.25, -0.2) is 4.79 Å². The van der Waals surface area contributed by atoms with E-state index in [0.29, 0.717) is 11.1 Å². The van der Waals surface area contributed by atoms with Gasteiger partial charge in [0.2, 0.25) is 0 Å². The maximum Gasteiger partial charge on any atom is 0.337 e. The highest BCUT2D eigenvalue weighted by atomic mass is 16.4. The van der Waals surface area contributed by atoms with Gasteiger partial charge in [0, 0.05) is 18.0 Å². The third kappa shape index (κ3) is 2.27. The van der Waals surface area contributed by atoms with Gasteiger partial charge in [-0.3, -0.25) is 9.78 Å². The van der Waals surface area contributed by atoms with Crippen LogP contribution in [-0.2, 0) is 0 Å². The van der Waals surface area contributed by atoms with Crippen LogP contribution in [0.2, 0.25) is 0 Å². The molecule has 1 aromatic carbocycles. The lowest BCUT2D eigenvalue weighted by Gasteiger charge is -2.06. The van der Waals surface area contributed by atoms with Crippen LogP contribution in [0.15, 0.2) is 42.7 Å². The molecular formula is C14H11NO3. The topological polar surface area (TPSA) is 67.3 Å². The number of aromatic nitrogens is 1. The third-order valence-corrected chi connectivity index (χ3v) is 2.65. The number of aromatic carboxylic acids is 1. The number of ketones is 1. The molecule has 0 saturated heterocycles. The Bertz CT molecular complexity index is 603. The van der Waals surface area contributed by atoms with Gasteiger partial charge in [0.15, 0.2) is 5.78 Å². The molecule has 0 unspecified atom stereocenters. The summed E-state index contributed by atoms with van der Waals surface area (Å²) in [7, 11) is 0. The summed E-state index contributed by atoms with van der Waals surface area (Å²) in [5.74, 6) is -1.04. The van der Waals surface area contributed by atoms with Gasteiger partial charge in [-0.15, -0.1) is 0 Å². The van der Waals surface area contributed by atoms with E-state index in [9.17, 15) is 9.59 Å². The van der Waals surface area contributed by atoms with E-state index in [4.69, 9.17) is 5.11 Å². The van der Waals surface area contributed by atoms with Crippen molar-refractivity contribution in [2.45, 2.75) is 6.92 Å². The van der Waals surface area contributed by atoms with Gasteiger partial charge >= 0.3 is 5.97 Å². The van der Waals surface area contributed by atoms with Crippen LogP contribution in [-0.4, -0.2) is 21.8 Å². The fraction of sp³-hybridized carbons (Fsp3) is 0.0714. The van der Waals surface area contributed by atoms with Gasteiger partial charge in [0.05, 0.1) is 5.56 Å². The Kier molecular flexibility index (Phi) is 3.19. The molecule has 0 aliphatic heterocycles. The Morgan fingerprint density at radius 3 is 2.33 bits per heavy atom. The van der Waals surface area contributed by atoms with Crippen LogP contribution in [0, 0.1) is 0 Å². The van der Waals surface area contributed by atoms with E-state index in [2.05, 4.69) is 4.98 Å². The number of hydrogen-bond acceptors (Lipinski definition) is 3. The first-order valence-corrected chi connectivity index (χ1v) is 5.38. The summed E-state index contributed by atoms with van der Waals surface area (Å²) < 4.78 is 0. The minimum absolute atomic E-state index is 0.0188. The lowest BCUT2D eigenvalue weighted by Crippen LogP contribution is -2.00. The molecule has 1 aromatic heterocycles. The fourth-order valence-electron chi connectivity index (χ4n) is 1.70. The summed E-state index contributed by atoms with van der Waals surface area (Å²) in [5.41, 5.74) is 2.09. The van der Waals surface area contributed by atoms with Gasteiger partial charge in [0.1, 0.15) is 0 Å². The molecule has 1 N–H and O–H groups in total. The van der Waals surface area contributed by atoms with Crippen molar-refractivity contribution in [2.75, 3.05) is 0 Å². The van der Waals surface area contributed by atoms with Crippen LogP contribution in [0.4, 0.5) is 0 Å². The number of benzene rings is 1. The van der Waals surface area contributed by atoms with Crippen molar-refractivity contribution in [1.82, 2.24) is 4.98 Å². The third-order valence-electron chi connectivity index (χ3n) is 2.65. The lowest BCUT2D eigenvalue weighted by molar-refractivity contribution is 0.0697. The second-order valence-corrected chi connectivity index (χ2v) is 3.86. The second-order valence-electron chi connectivity index (χ2n) is 3.86. The quantitative estimate of drug-likeness (QED) is 0.839. The predicted octanol–water partition coefficient (Wildman–Crippen LogP) is 2.65. The molecule has 0 bridgehead atoms. The van der Waals surface area contributed by atoms with Gasteiger partial charge in [-0.2, -0.15) is 0 Å². The Hall–Kier alpha value is -2.49. The number of carboxylic acids is 1. The monoisotopic (exact) mass is 241 g/mol. The first-order chi connectivity index (χ1) is 8.59. The zero-order valence-electron chi connectivity index (χ0n) is 9.75. The number of hydrogen-bond donors (Lipinski definition) is 1. The standard InChI is InChI=1S/C14H11NO3/c1-9(16)10-2-4-11(5-3-10)12-6-7-15-8-13(12)14(17)18/h2-8H,1H3,(H,17,18). The van der Waals surface area contributed by atoms with E-state index in [1.165, 1.54) is 13.1 Å². The number of nitrogens with zero attached hydrogens (tertiary/aromatic N) is 1. The van der Waals surface area contributed by atoms with E-state index in [0.717, 1.165) is 5.56 Å². The molecular weight excluding hydrogens is 230 g/mol. The first-order valence-electron chi connectivity index (χ1n) is 5.38. The van der Waals surface area contributed by atoms with Gasteiger partial charge in [-0.05, 0) is 24.1 Å². The molecule has 90 valence electrons. The minimum Gasteiger partial charge on any atom is -0.478 e. The summed E-state index contributed by atoms with van der Waals surface area (Å²) in [6.45, 7) is 1.49. The number of Topliss-reactive ketones (excluding diaryl/α,β-unsaturated/α-hetero) is 1. The number of carbonyl (C=O) groups excluding carboxylic acids is 1. The smallest absolute Gasteiger partial charge is 0.337 e. The fourth-order valence-corrected chi connectivity index (χ4v) is 1.70. The highest BCUT2D eigenvalue weighted by Crippen LogP contribution is 2.23. The van der Waals surface area contributed by atoms with Crippen molar-refractivity contribution in [3.8, 4) is 11.1 Å². The summed E-state index contributed by atoms with van der Waals surface area (Å²) in [6, 6.07) is 8.48. The Morgan fingerprint density at radius 2 is 1.78 bits per heavy atom. The first kappa shape index (κ1) is 12.0. The van der Waals surface area contributed by atoms with E-state index in [1.807, 2.05) is 0 Å². The summed E-state index contributed by atoms with van der Waals surface area (Å²) in [5, 5.41) is 9.08. The van der Waals surface area contributed by atoms with Crippen LogP contribution in [0.25, 0.3) is 11.1 Å². The molecule has 1 heterocycles. The molecule has 0 fully saturated rings. The molecule has 0 amide bonds. The van der Waals surface area contributed by atoms with Crippen molar-refractivity contribution >= 4 is 11.8 Å². The van der Waals surface area contributed by atoms with Crippen LogP contribution < -0.4 is 0 Å². The predicted molar refractivity (Wildman–Crippen MR) is 66.6 cm³/mol. The van der Waals surface area contributed by atoms with Gasteiger partial charge in [-0.1, -0.05) is 24.3 Å². The van der Waals surface area contributed by atoms with Crippen LogP contribution >= 0.6 is 0 Å². The van der Waals surface area contributed by atoms with E-state index in [-0.39, 0.29) is 11.3 Å². The largest absolute Gasteiger partial charge is 0.478 e. The van der Waals surface area contributed by atoms with Gasteiger partial charge in [0.25, 0.3) is 0 Å². The molecule has 18 heavy (non-hydrogen) atoms. The highest BCUT2D eigenvalue weighted by molar-refractivity contribution is 5.97. The van der Waals surface area contributed by atoms with E-state index < -0.39 is 5.97 Å². The molecule has 0 saturated carbocycles. The Morgan fingerprint density at radius 1 is 1.11 bits per heavy atom. The molecule has 0 aliphatic carbocycles. The Balaban J connectivity index is 2.49. The zero-order chi connectivity index (χ0) is 13.1. The van der Waals surface area contributed by atoms with Crippen LogP contribution in [0.1, 0.15) is 27.6 Å². The summed E-state index contributed by atoms with van der Waals surface area (Å²) in [6.07, 6.45) is 2.86. The number of carboxylic acid groups (broad SMARTS) is 1. The molecule has 2 aromatic rings. The van der Waals surface area contributed by atoms with E-state index in [1.54, 1.807) is 36.5 Å². The summed E-state index contributed by atoms with van der Waals surface area (Å²) >= 11 is 0. The lowest BCUT2D eigenvalue weighted by atomic mass is 10.00. The Labute approximate surface area is 104 Å². The molecule has 0 spiro atoms. The SMILES string of the molecule is CC(=O)c1ccc(-c2ccncc2C(=O)O)cc1. The van der Waals surface area contributed by atoms with Crippen molar-refractivity contribution in [3.63, 3.8) is 0 Å². The van der Waals surface area contributed by atoms with Crippen LogP contribution in [0.3, 0.4) is 0 Å². The molecule has 2 rings (SSSR count). The maximum absolute atomic E-state index is 11.2. The average molecular weight is 241 g/mol. The molecule has 0 radical (unpaired) electrons. The molecule has 4 heteroatoms. The maximum atomic E-state index is 11.2. The molecule has 0 aliphatic rings. The molecule has 4 nitrogen and oxygen atoms in total. The van der Waals surface area contributed by atoms with Crippen LogP contribution in [0.5, 0.6) is 0 Å². The zero-order valence-corrected chi connectivity index (χ0v) is 9.75. The number of rotatable bonds is 3. The minimum atomic E-state index is -1.02. The van der Waals surface area contributed by atoms with Gasteiger partial charge < -0.3 is 5.11 Å². The van der Waals surface area contributed by atoms with Crippen molar-refractivity contribution < 1.29 is 14.7 Å². The number of pyridine rings is 1. The van der Waals surface area contributed by atoms with Crippen molar-refractivity contribution in [1.29, 1.82) is 0 Å². The van der Waals surface area contributed by atoms with Crippen molar-refractivity contribution in [3.05, 3.63) is 53.9 Å². The van der Waals surface area contributed by atoms with Crippen molar-refractivity contribution in [2.24, 2.45) is 0 Å². The number of carbonyl (C=O) groups is 2. The summed E-state index contributed by atoms with van der Waals surface area (Å²) in [4.78, 5) is 26.0. The van der Waals surface area contributed by atoms with E-state index >= 15 is 0 Å². The average Bonchev–Trinajstić information content (AvgIpc) is 2.39. The normalized spacial score (nSPS) is 10.1. The highest BCUT2D eigenvalue weighted by Gasteiger charge is 2.11. The molecule has 0 atom stereocenters.